The molecule has 1 amide bonds. The minimum Gasteiger partial charge on any atom is -0.483 e. The van der Waals surface area contributed by atoms with Gasteiger partial charge in [-0.2, -0.15) is 0 Å². The number of ether oxygens (including phenoxy) is 1. The normalized spacial score (nSPS) is 22.3. The Morgan fingerprint density at radius 3 is 2.70 bits per heavy atom. The Kier molecular flexibility index (Phi) is 6.30. The maximum atomic E-state index is 12.8. The summed E-state index contributed by atoms with van der Waals surface area (Å²) in [5, 5.41) is 0. The Balaban J connectivity index is 1.63. The molecule has 2 heterocycles. The fraction of sp³-hybridized carbons (Fsp3) is 0.583. The predicted molar refractivity (Wildman–Crippen MR) is 122 cm³/mol. The fourth-order valence-electron chi connectivity index (χ4n) is 4.35. The van der Waals surface area contributed by atoms with Gasteiger partial charge in [-0.3, -0.25) is 9.79 Å². The van der Waals surface area contributed by atoms with Crippen molar-refractivity contribution in [2.75, 3.05) is 31.6 Å². The van der Waals surface area contributed by atoms with E-state index < -0.39 is 0 Å². The standard InChI is InChI=1S/C24H34N4O2/c1-17-6-9-21-22(27(17)2)11-10-20(18(14-25)15-26-19-7-8-19)24(21)30-16-23(29)28-12-4-3-5-13-28/h10-11,14-15,17,19H,3-9,12-13,16,25H2,1-2H3. The number of nitrogens with two attached hydrogens (primary N) is 1. The molecule has 1 aromatic rings. The van der Waals surface area contributed by atoms with Crippen molar-refractivity contribution in [2.24, 2.45) is 10.7 Å². The van der Waals surface area contributed by atoms with Gasteiger partial charge in [0.15, 0.2) is 6.61 Å². The third-order valence-electron chi connectivity index (χ3n) is 6.60. The van der Waals surface area contributed by atoms with Crippen LogP contribution in [0, 0.1) is 0 Å². The highest BCUT2D eigenvalue weighted by molar-refractivity contribution is 6.11. The zero-order valence-electron chi connectivity index (χ0n) is 18.3. The Morgan fingerprint density at radius 2 is 2.00 bits per heavy atom. The molecule has 6 heteroatoms. The van der Waals surface area contributed by atoms with Crippen LogP contribution in [0.5, 0.6) is 5.75 Å². The molecule has 2 N–H and O–H groups in total. The van der Waals surface area contributed by atoms with E-state index in [0.29, 0.717) is 12.1 Å². The van der Waals surface area contributed by atoms with Crippen LogP contribution in [0.25, 0.3) is 5.57 Å². The summed E-state index contributed by atoms with van der Waals surface area (Å²) in [6, 6.07) is 5.11. The van der Waals surface area contributed by atoms with E-state index >= 15 is 0 Å². The summed E-state index contributed by atoms with van der Waals surface area (Å²) in [7, 11) is 2.12. The Bertz CT molecular complexity index is 838. The van der Waals surface area contributed by atoms with Crippen molar-refractivity contribution in [1.29, 1.82) is 0 Å². The van der Waals surface area contributed by atoms with E-state index in [2.05, 4.69) is 36.0 Å². The summed E-state index contributed by atoms with van der Waals surface area (Å²) >= 11 is 0. The van der Waals surface area contributed by atoms with Gasteiger partial charge < -0.3 is 20.3 Å². The minimum absolute atomic E-state index is 0.0698. The molecule has 1 aliphatic carbocycles. The van der Waals surface area contributed by atoms with E-state index in [4.69, 9.17) is 10.5 Å². The van der Waals surface area contributed by atoms with E-state index in [0.717, 1.165) is 68.5 Å². The van der Waals surface area contributed by atoms with Gasteiger partial charge in [-0.1, -0.05) is 0 Å². The number of likely N-dealkylation sites (tertiary alicyclic amines) is 1. The van der Waals surface area contributed by atoms with E-state index in [1.165, 1.54) is 17.7 Å². The van der Waals surface area contributed by atoms with Crippen LogP contribution in [-0.4, -0.2) is 55.8 Å². The van der Waals surface area contributed by atoms with Crippen LogP contribution >= 0.6 is 0 Å². The lowest BCUT2D eigenvalue weighted by Crippen LogP contribution is -2.39. The van der Waals surface area contributed by atoms with Crippen LogP contribution < -0.4 is 15.4 Å². The van der Waals surface area contributed by atoms with Gasteiger partial charge in [-0.05, 0) is 64.0 Å². The Hall–Kier alpha value is -2.50. The van der Waals surface area contributed by atoms with Gasteiger partial charge in [0, 0.05) is 61.0 Å². The topological polar surface area (TPSA) is 71.2 Å². The van der Waals surface area contributed by atoms with E-state index in [9.17, 15) is 4.79 Å². The molecular weight excluding hydrogens is 376 g/mol. The second-order valence-electron chi connectivity index (χ2n) is 8.80. The highest BCUT2D eigenvalue weighted by Crippen LogP contribution is 2.40. The summed E-state index contributed by atoms with van der Waals surface area (Å²) in [5.41, 5.74) is 10.1. The van der Waals surface area contributed by atoms with Gasteiger partial charge in [0.25, 0.3) is 5.91 Å². The molecule has 6 nitrogen and oxygen atoms in total. The van der Waals surface area contributed by atoms with Crippen LogP contribution in [0.1, 0.15) is 56.6 Å². The molecule has 0 bridgehead atoms. The first-order valence-electron chi connectivity index (χ1n) is 11.3. The van der Waals surface area contributed by atoms with Crippen molar-refractivity contribution >= 4 is 23.4 Å². The minimum atomic E-state index is 0.0698. The molecule has 30 heavy (non-hydrogen) atoms. The quantitative estimate of drug-likeness (QED) is 0.730. The number of rotatable bonds is 6. The molecule has 2 aliphatic heterocycles. The maximum absolute atomic E-state index is 12.8. The zero-order valence-corrected chi connectivity index (χ0v) is 18.3. The number of fused-ring (bicyclic) bond motifs is 1. The summed E-state index contributed by atoms with van der Waals surface area (Å²) in [6.45, 7) is 3.99. The Labute approximate surface area is 179 Å². The van der Waals surface area contributed by atoms with Gasteiger partial charge in [0.1, 0.15) is 5.75 Å². The van der Waals surface area contributed by atoms with Crippen LogP contribution in [0.2, 0.25) is 0 Å². The molecule has 0 aromatic heterocycles. The van der Waals surface area contributed by atoms with E-state index in [1.807, 2.05) is 11.1 Å². The molecule has 1 saturated heterocycles. The third-order valence-corrected chi connectivity index (χ3v) is 6.60. The third kappa shape index (κ3) is 4.47. The molecule has 4 rings (SSSR count). The first kappa shape index (κ1) is 20.8. The molecule has 1 atom stereocenters. The van der Waals surface area contributed by atoms with Crippen molar-refractivity contribution in [3.63, 3.8) is 0 Å². The molecule has 1 saturated carbocycles. The first-order valence-corrected chi connectivity index (χ1v) is 11.3. The number of hydrogen-bond acceptors (Lipinski definition) is 5. The van der Waals surface area contributed by atoms with Crippen molar-refractivity contribution in [1.82, 2.24) is 4.90 Å². The molecular formula is C24H34N4O2. The number of benzene rings is 1. The number of carbonyl (C=O) groups excluding carboxylic acids is 1. The smallest absolute Gasteiger partial charge is 0.260 e. The zero-order chi connectivity index (χ0) is 21.1. The van der Waals surface area contributed by atoms with Crippen molar-refractivity contribution < 1.29 is 9.53 Å². The predicted octanol–water partition coefficient (Wildman–Crippen LogP) is 3.38. The largest absolute Gasteiger partial charge is 0.483 e. The summed E-state index contributed by atoms with van der Waals surface area (Å²) in [6.07, 6.45) is 11.1. The number of carbonyl (C=O) groups is 1. The van der Waals surface area contributed by atoms with Crippen molar-refractivity contribution in [2.45, 2.75) is 64.0 Å². The lowest BCUT2D eigenvalue weighted by atomic mass is 9.92. The van der Waals surface area contributed by atoms with Crippen LogP contribution in [0.15, 0.2) is 23.3 Å². The molecule has 1 aromatic carbocycles. The molecule has 0 spiro atoms. The number of nitrogens with zero attached hydrogens (tertiary/aromatic N) is 3. The number of piperidine rings is 1. The van der Waals surface area contributed by atoms with Gasteiger partial charge in [0.05, 0.1) is 6.04 Å². The first-order chi connectivity index (χ1) is 14.6. The molecule has 2 fully saturated rings. The summed E-state index contributed by atoms with van der Waals surface area (Å²) in [4.78, 5) is 21.6. The van der Waals surface area contributed by atoms with Gasteiger partial charge in [-0.15, -0.1) is 0 Å². The van der Waals surface area contributed by atoms with E-state index in [1.54, 1.807) is 6.20 Å². The SMILES string of the molecule is CC1CCc2c(ccc(C(C=NC3CC3)=CN)c2OCC(=O)N2CCCCC2)N1C. The second kappa shape index (κ2) is 9.11. The fourth-order valence-corrected chi connectivity index (χ4v) is 4.35. The monoisotopic (exact) mass is 410 g/mol. The lowest BCUT2D eigenvalue weighted by molar-refractivity contribution is -0.134. The molecule has 1 unspecified atom stereocenters. The van der Waals surface area contributed by atoms with Crippen LogP contribution in [0.4, 0.5) is 5.69 Å². The highest BCUT2D eigenvalue weighted by Gasteiger charge is 2.27. The highest BCUT2D eigenvalue weighted by atomic mass is 16.5. The van der Waals surface area contributed by atoms with Gasteiger partial charge in [0.2, 0.25) is 0 Å². The van der Waals surface area contributed by atoms with Crippen molar-refractivity contribution in [3.8, 4) is 5.75 Å². The average molecular weight is 411 g/mol. The molecule has 3 aliphatic rings. The van der Waals surface area contributed by atoms with Crippen LogP contribution in [-0.2, 0) is 11.2 Å². The van der Waals surface area contributed by atoms with E-state index in [-0.39, 0.29) is 12.5 Å². The number of allylic oxidation sites excluding steroid dienone is 1. The lowest BCUT2D eigenvalue weighted by Gasteiger charge is -2.35. The number of amides is 1. The molecule has 162 valence electrons. The second-order valence-corrected chi connectivity index (χ2v) is 8.80. The number of aliphatic imine (C=N–C) groups is 1. The Morgan fingerprint density at radius 1 is 1.23 bits per heavy atom. The van der Waals surface area contributed by atoms with Gasteiger partial charge >= 0.3 is 0 Å². The van der Waals surface area contributed by atoms with Crippen LogP contribution in [0.3, 0.4) is 0 Å². The summed E-state index contributed by atoms with van der Waals surface area (Å²) < 4.78 is 6.26. The van der Waals surface area contributed by atoms with Crippen molar-refractivity contribution in [3.05, 3.63) is 29.5 Å². The number of anilines is 1. The van der Waals surface area contributed by atoms with Gasteiger partial charge in [-0.25, -0.2) is 0 Å². The average Bonchev–Trinajstić information content (AvgIpc) is 3.60. The maximum Gasteiger partial charge on any atom is 0.260 e. The molecule has 0 radical (unpaired) electrons. The number of hydrogen-bond donors (Lipinski definition) is 1. The summed E-state index contributed by atoms with van der Waals surface area (Å²) in [5.74, 6) is 0.858.